The molecule has 320 valence electrons. The van der Waals surface area contributed by atoms with E-state index in [9.17, 15) is 44.7 Å². The van der Waals surface area contributed by atoms with Gasteiger partial charge in [-0.25, -0.2) is 9.59 Å². The fourth-order valence-electron chi connectivity index (χ4n) is 10.1. The lowest BCUT2D eigenvalue weighted by Crippen LogP contribution is -2.81. The molecular formula is C47H55NO12. The van der Waals surface area contributed by atoms with Crippen LogP contribution in [0.1, 0.15) is 99.2 Å². The molecule has 9 unspecified atom stereocenters. The van der Waals surface area contributed by atoms with Gasteiger partial charge in [0, 0.05) is 29.7 Å². The topological polar surface area (TPSA) is 209 Å². The SMILES string of the molecule is CC1=C2C(O)C(=O)[C@]3(C)C(O)CC4OC[C@@]4(O)C3C(OC(=O)c3ccccc3)C(O)(CC1OC(=O)C(O)C(NC(=O)c1ccc(C(C)(C)C)cc1)c1ccccc1)C2(C)C. The van der Waals surface area contributed by atoms with Gasteiger partial charge in [0.15, 0.2) is 11.9 Å². The van der Waals surface area contributed by atoms with Crippen LogP contribution in [0.4, 0.5) is 0 Å². The van der Waals surface area contributed by atoms with Crippen LogP contribution in [0.15, 0.2) is 96.1 Å². The van der Waals surface area contributed by atoms with Crippen molar-refractivity contribution in [3.05, 3.63) is 118 Å². The van der Waals surface area contributed by atoms with Gasteiger partial charge in [0.2, 0.25) is 0 Å². The molecule has 0 aromatic heterocycles. The van der Waals surface area contributed by atoms with E-state index in [4.69, 9.17) is 14.2 Å². The minimum atomic E-state index is -2.31. The fraction of sp³-hybridized carbons (Fsp3) is 0.489. The number of rotatable bonds is 8. The van der Waals surface area contributed by atoms with Gasteiger partial charge in [-0.2, -0.15) is 0 Å². The molecule has 0 radical (unpaired) electrons. The molecule has 1 aliphatic heterocycles. The Kier molecular flexibility index (Phi) is 11.1. The summed E-state index contributed by atoms with van der Waals surface area (Å²) in [6.45, 7) is 11.9. The maximum atomic E-state index is 14.8. The number of Topliss-reactive ketones (excluding diaryl/α,β-unsaturated/α-hetero) is 1. The van der Waals surface area contributed by atoms with Crippen molar-refractivity contribution < 1.29 is 58.9 Å². The van der Waals surface area contributed by atoms with Crippen LogP contribution >= 0.6 is 0 Å². The number of fused-ring (bicyclic) bond motifs is 5. The van der Waals surface area contributed by atoms with E-state index in [0.29, 0.717) is 5.56 Å². The minimum Gasteiger partial charge on any atom is -0.456 e. The highest BCUT2D eigenvalue weighted by atomic mass is 16.6. The number of nitrogens with one attached hydrogen (secondary N) is 1. The smallest absolute Gasteiger partial charge is 0.338 e. The van der Waals surface area contributed by atoms with E-state index in [1.165, 1.54) is 26.0 Å². The van der Waals surface area contributed by atoms with Gasteiger partial charge in [0.05, 0.1) is 35.8 Å². The summed E-state index contributed by atoms with van der Waals surface area (Å²) in [4.78, 5) is 56.7. The van der Waals surface area contributed by atoms with Gasteiger partial charge in [-0.05, 0) is 65.8 Å². The molecule has 0 spiro atoms. The van der Waals surface area contributed by atoms with E-state index in [-0.39, 0.29) is 40.7 Å². The van der Waals surface area contributed by atoms with Crippen LogP contribution in [-0.4, -0.2) is 104 Å². The highest BCUT2D eigenvalue weighted by molar-refractivity contribution is 5.95. The molecule has 6 N–H and O–H groups in total. The highest BCUT2D eigenvalue weighted by Crippen LogP contribution is 2.63. The van der Waals surface area contributed by atoms with Crippen molar-refractivity contribution >= 4 is 23.6 Å². The van der Waals surface area contributed by atoms with Gasteiger partial charge in [0.25, 0.3) is 5.91 Å². The molecule has 7 rings (SSSR count). The molecule has 13 nitrogen and oxygen atoms in total. The molecule has 11 atom stereocenters. The normalized spacial score (nSPS) is 33.1. The number of hydrogen-bond donors (Lipinski definition) is 6. The average molecular weight is 826 g/mol. The lowest BCUT2D eigenvalue weighted by molar-refractivity contribution is -0.343. The molecular weight excluding hydrogens is 771 g/mol. The molecule has 3 aliphatic carbocycles. The number of ketones is 1. The maximum Gasteiger partial charge on any atom is 0.338 e. The molecule has 60 heavy (non-hydrogen) atoms. The number of aliphatic hydroxyl groups is 5. The van der Waals surface area contributed by atoms with E-state index >= 15 is 0 Å². The number of esters is 2. The Morgan fingerprint density at radius 3 is 2.03 bits per heavy atom. The van der Waals surface area contributed by atoms with Crippen LogP contribution in [0.3, 0.4) is 0 Å². The van der Waals surface area contributed by atoms with Crippen molar-refractivity contribution in [3.63, 3.8) is 0 Å². The molecule has 4 aliphatic rings. The third-order valence-corrected chi connectivity index (χ3v) is 13.9. The van der Waals surface area contributed by atoms with Gasteiger partial charge < -0.3 is 45.1 Å². The molecule has 3 aromatic carbocycles. The third kappa shape index (κ3) is 6.89. The molecule has 1 saturated heterocycles. The molecule has 2 saturated carbocycles. The molecule has 2 bridgehead atoms. The van der Waals surface area contributed by atoms with Crippen molar-refractivity contribution in [1.82, 2.24) is 5.32 Å². The first kappa shape index (κ1) is 43.3. The van der Waals surface area contributed by atoms with E-state index in [0.717, 1.165) is 5.56 Å². The van der Waals surface area contributed by atoms with Gasteiger partial charge in [-0.15, -0.1) is 0 Å². The van der Waals surface area contributed by atoms with Gasteiger partial charge in [-0.1, -0.05) is 95.3 Å². The standard InChI is InChI=1S/C47H55NO12/c1-25-30(59-42(55)36(51)34(26-14-10-8-11-15-26)48-40(53)27-18-20-29(21-19-27)43(2,3)4)23-47(57)39(60-41(54)28-16-12-9-13-17-28)37-45(7,31(49)22-32-46(37,56)24-58-32)38(52)35(50)33(25)44(47,5)6/h8-21,30-32,34-37,39,49-51,56-57H,22-24H2,1-7H3,(H,48,53)/t30?,31?,32?,34?,35?,36?,37?,39?,45-,46+,47?/m1/s1. The van der Waals surface area contributed by atoms with Crippen molar-refractivity contribution in [2.75, 3.05) is 6.61 Å². The second kappa shape index (κ2) is 15.3. The summed E-state index contributed by atoms with van der Waals surface area (Å²) < 4.78 is 18.0. The predicted octanol–water partition coefficient (Wildman–Crippen LogP) is 3.89. The predicted molar refractivity (Wildman–Crippen MR) is 217 cm³/mol. The van der Waals surface area contributed by atoms with Gasteiger partial charge >= 0.3 is 11.9 Å². The van der Waals surface area contributed by atoms with Crippen LogP contribution in [0.2, 0.25) is 0 Å². The van der Waals surface area contributed by atoms with Crippen molar-refractivity contribution in [2.45, 2.75) is 121 Å². The monoisotopic (exact) mass is 825 g/mol. The second-order valence-electron chi connectivity index (χ2n) is 18.7. The summed E-state index contributed by atoms with van der Waals surface area (Å²) >= 11 is 0. The maximum absolute atomic E-state index is 14.8. The van der Waals surface area contributed by atoms with Crippen molar-refractivity contribution in [2.24, 2.45) is 16.7 Å². The lowest BCUT2D eigenvalue weighted by Gasteiger charge is -2.66. The third-order valence-electron chi connectivity index (χ3n) is 13.9. The number of amides is 1. The van der Waals surface area contributed by atoms with E-state index in [2.05, 4.69) is 5.32 Å². The summed E-state index contributed by atoms with van der Waals surface area (Å²) in [6, 6.07) is 22.0. The summed E-state index contributed by atoms with van der Waals surface area (Å²) in [7, 11) is 0. The molecule has 1 heterocycles. The minimum absolute atomic E-state index is 0.0354. The van der Waals surface area contributed by atoms with E-state index in [1.54, 1.807) is 74.5 Å². The average Bonchev–Trinajstić information content (AvgIpc) is 3.21. The molecule has 13 heteroatoms. The van der Waals surface area contributed by atoms with Crippen molar-refractivity contribution in [3.8, 4) is 0 Å². The number of ether oxygens (including phenoxy) is 3. The quantitative estimate of drug-likeness (QED) is 0.141. The Morgan fingerprint density at radius 1 is 0.867 bits per heavy atom. The Bertz CT molecular complexity index is 2180. The Labute approximate surface area is 349 Å². The summed E-state index contributed by atoms with van der Waals surface area (Å²) in [5, 5.41) is 64.0. The zero-order chi connectivity index (χ0) is 43.7. The fourth-order valence-corrected chi connectivity index (χ4v) is 10.1. The first-order chi connectivity index (χ1) is 28.1. The van der Waals surface area contributed by atoms with Crippen LogP contribution in [-0.2, 0) is 29.2 Å². The first-order valence-electron chi connectivity index (χ1n) is 20.4. The number of carbonyl (C=O) groups is 4. The Balaban J connectivity index is 1.28. The second-order valence-corrected chi connectivity index (χ2v) is 18.7. The lowest BCUT2D eigenvalue weighted by atomic mass is 9.44. The largest absolute Gasteiger partial charge is 0.456 e. The number of benzene rings is 3. The van der Waals surface area contributed by atoms with Gasteiger partial charge in [-0.3, -0.25) is 9.59 Å². The zero-order valence-corrected chi connectivity index (χ0v) is 34.9. The Hall–Kier alpha value is -4.76. The summed E-state index contributed by atoms with van der Waals surface area (Å²) in [5.74, 6) is -5.07. The van der Waals surface area contributed by atoms with Crippen LogP contribution in [0.25, 0.3) is 0 Å². The summed E-state index contributed by atoms with van der Waals surface area (Å²) in [6.07, 6.45) is -10.3. The number of hydrogen-bond acceptors (Lipinski definition) is 12. The number of carbonyl (C=O) groups excluding carboxylic acids is 4. The van der Waals surface area contributed by atoms with Crippen LogP contribution < -0.4 is 5.32 Å². The van der Waals surface area contributed by atoms with E-state index in [1.807, 2.05) is 32.9 Å². The molecule has 3 aromatic rings. The Morgan fingerprint density at radius 2 is 1.47 bits per heavy atom. The van der Waals surface area contributed by atoms with Crippen molar-refractivity contribution in [1.29, 1.82) is 0 Å². The first-order valence-corrected chi connectivity index (χ1v) is 20.4. The highest BCUT2D eigenvalue weighted by Gasteiger charge is 2.76. The van der Waals surface area contributed by atoms with Crippen LogP contribution in [0.5, 0.6) is 0 Å². The molecule has 1 amide bonds. The van der Waals surface area contributed by atoms with Gasteiger partial charge in [0.1, 0.15) is 29.5 Å². The summed E-state index contributed by atoms with van der Waals surface area (Å²) in [5.41, 5.74) is -6.01. The number of aliphatic hydroxyl groups excluding tert-OH is 3. The molecule has 3 fully saturated rings. The zero-order valence-electron chi connectivity index (χ0n) is 34.9. The van der Waals surface area contributed by atoms with Crippen LogP contribution in [0, 0.1) is 16.7 Å². The van der Waals surface area contributed by atoms with E-state index < -0.39 is 101 Å².